The number of pyridine rings is 1. The molecule has 0 radical (unpaired) electrons. The van der Waals surface area contributed by atoms with E-state index in [1.807, 2.05) is 12.3 Å². The minimum atomic E-state index is 0.592. The number of likely N-dealkylation sites (tertiary alicyclic amines) is 1. The highest BCUT2D eigenvalue weighted by Gasteiger charge is 2.15. The molecule has 3 N–H and O–H groups in total. The lowest BCUT2D eigenvalue weighted by Gasteiger charge is -2.18. The number of aromatic nitrogens is 1. The molecular formula is C41H50ClN5. The van der Waals surface area contributed by atoms with Crippen LogP contribution in [0.5, 0.6) is 0 Å². The largest absolute Gasteiger partial charge is 0.329 e. The van der Waals surface area contributed by atoms with Crippen molar-refractivity contribution in [2.45, 2.75) is 78.2 Å². The van der Waals surface area contributed by atoms with Crippen LogP contribution in [-0.2, 0) is 38.6 Å². The van der Waals surface area contributed by atoms with Crippen LogP contribution in [0.3, 0.4) is 0 Å². The standard InChI is InChI=1S/C41H50ClN5/c1-30-34(9-3-4-20-47-21-5-6-22-47)10-7-12-39(30)40-13-8-11-35(31(40)2)16-17-37-24-36(38(25-41(37)42)29-45-19-18-43)15-14-32-23-33(26-44)28-46-27-32/h7-8,10-13,23-25,27-28,45H,3-6,9,14-22,29,43H2,1-2H3. The lowest BCUT2D eigenvalue weighted by Crippen LogP contribution is -2.22. The van der Waals surface area contributed by atoms with Gasteiger partial charge in [-0.15, -0.1) is 0 Å². The van der Waals surface area contributed by atoms with Crippen LogP contribution >= 0.6 is 11.6 Å². The summed E-state index contributed by atoms with van der Waals surface area (Å²) in [5.41, 5.74) is 19.3. The molecule has 0 unspecified atom stereocenters. The van der Waals surface area contributed by atoms with Crippen LogP contribution in [0.15, 0.2) is 67.0 Å². The third kappa shape index (κ3) is 9.52. The first-order chi connectivity index (χ1) is 23.0. The Hall–Kier alpha value is -3.53. The topological polar surface area (TPSA) is 78.0 Å². The minimum Gasteiger partial charge on any atom is -0.329 e. The summed E-state index contributed by atoms with van der Waals surface area (Å²) in [7, 11) is 0. The van der Waals surface area contributed by atoms with Gasteiger partial charge in [0.2, 0.25) is 0 Å². The molecule has 2 heterocycles. The Balaban J connectivity index is 1.29. The fourth-order valence-electron chi connectivity index (χ4n) is 7.01. The molecule has 0 atom stereocenters. The van der Waals surface area contributed by atoms with E-state index in [1.54, 1.807) is 6.20 Å². The highest BCUT2D eigenvalue weighted by Crippen LogP contribution is 2.32. The van der Waals surface area contributed by atoms with Gasteiger partial charge in [0.05, 0.1) is 5.56 Å². The third-order valence-corrected chi connectivity index (χ3v) is 10.2. The number of hydrogen-bond donors (Lipinski definition) is 2. The van der Waals surface area contributed by atoms with Crippen molar-refractivity contribution >= 4 is 11.6 Å². The molecule has 5 rings (SSSR count). The molecular weight excluding hydrogens is 598 g/mol. The van der Waals surface area contributed by atoms with Gasteiger partial charge in [-0.2, -0.15) is 5.26 Å². The molecule has 1 aliphatic heterocycles. The van der Waals surface area contributed by atoms with Crippen LogP contribution in [0, 0.1) is 25.2 Å². The summed E-state index contributed by atoms with van der Waals surface area (Å²) in [6, 6.07) is 22.2. The van der Waals surface area contributed by atoms with Crippen LogP contribution in [-0.4, -0.2) is 42.6 Å². The van der Waals surface area contributed by atoms with Crippen molar-refractivity contribution in [2.24, 2.45) is 5.73 Å². The molecule has 0 saturated carbocycles. The van der Waals surface area contributed by atoms with Gasteiger partial charge in [0.1, 0.15) is 6.07 Å². The van der Waals surface area contributed by atoms with E-state index in [1.165, 1.54) is 95.4 Å². The SMILES string of the molecule is Cc1c(CCCCN2CCCC2)cccc1-c1cccc(CCc2cc(CCc3cncc(C#N)c3)c(CNCCN)cc2Cl)c1C. The second-order valence-electron chi connectivity index (χ2n) is 13.1. The molecule has 0 aliphatic carbocycles. The van der Waals surface area contributed by atoms with E-state index in [-0.39, 0.29) is 0 Å². The average Bonchev–Trinajstić information content (AvgIpc) is 3.61. The molecule has 1 saturated heterocycles. The smallest absolute Gasteiger partial charge is 0.101 e. The van der Waals surface area contributed by atoms with E-state index in [0.29, 0.717) is 12.1 Å². The number of rotatable bonds is 16. The molecule has 0 bridgehead atoms. The molecule has 0 amide bonds. The maximum absolute atomic E-state index is 9.31. The first kappa shape index (κ1) is 34.8. The number of nitriles is 1. The van der Waals surface area contributed by atoms with Crippen LogP contribution in [0.1, 0.15) is 75.8 Å². The van der Waals surface area contributed by atoms with Crippen LogP contribution in [0.4, 0.5) is 0 Å². The molecule has 47 heavy (non-hydrogen) atoms. The first-order valence-electron chi connectivity index (χ1n) is 17.4. The van der Waals surface area contributed by atoms with Gasteiger partial charge in [0, 0.05) is 37.1 Å². The van der Waals surface area contributed by atoms with E-state index in [4.69, 9.17) is 17.3 Å². The predicted octanol–water partition coefficient (Wildman–Crippen LogP) is 7.93. The number of nitrogens with one attached hydrogen (secondary N) is 1. The Bertz CT molecular complexity index is 1670. The van der Waals surface area contributed by atoms with E-state index in [0.717, 1.165) is 55.8 Å². The molecule has 6 heteroatoms. The van der Waals surface area contributed by atoms with Gasteiger partial charge in [-0.3, -0.25) is 4.98 Å². The Labute approximate surface area is 287 Å². The van der Waals surface area contributed by atoms with Crippen molar-refractivity contribution in [3.63, 3.8) is 0 Å². The summed E-state index contributed by atoms with van der Waals surface area (Å²) in [6.07, 6.45) is 13.3. The zero-order valence-corrected chi connectivity index (χ0v) is 29.0. The first-order valence-corrected chi connectivity index (χ1v) is 17.8. The summed E-state index contributed by atoms with van der Waals surface area (Å²) in [6.45, 7) is 10.5. The normalized spacial score (nSPS) is 13.3. The number of nitrogens with zero attached hydrogens (tertiary/aromatic N) is 3. The maximum atomic E-state index is 9.31. The second-order valence-corrected chi connectivity index (χ2v) is 13.5. The van der Waals surface area contributed by atoms with Gasteiger partial charge in [-0.25, -0.2) is 0 Å². The van der Waals surface area contributed by atoms with Crippen molar-refractivity contribution in [1.82, 2.24) is 15.2 Å². The van der Waals surface area contributed by atoms with Crippen LogP contribution in [0.25, 0.3) is 11.1 Å². The van der Waals surface area contributed by atoms with Crippen molar-refractivity contribution in [3.05, 3.63) is 122 Å². The van der Waals surface area contributed by atoms with Crippen molar-refractivity contribution in [3.8, 4) is 17.2 Å². The quantitative estimate of drug-likeness (QED) is 0.121. The fraction of sp³-hybridized carbons (Fsp3) is 0.415. The van der Waals surface area contributed by atoms with E-state index in [9.17, 15) is 5.26 Å². The molecule has 4 aromatic rings. The van der Waals surface area contributed by atoms with Gasteiger partial charge in [0.15, 0.2) is 0 Å². The Morgan fingerprint density at radius 3 is 2.19 bits per heavy atom. The number of hydrogen-bond acceptors (Lipinski definition) is 5. The zero-order valence-electron chi connectivity index (χ0n) is 28.3. The Kier molecular flexibility index (Phi) is 13.0. The molecule has 5 nitrogen and oxygen atoms in total. The molecule has 1 fully saturated rings. The minimum absolute atomic E-state index is 0.592. The van der Waals surface area contributed by atoms with Crippen molar-refractivity contribution < 1.29 is 0 Å². The summed E-state index contributed by atoms with van der Waals surface area (Å²) in [4.78, 5) is 6.87. The lowest BCUT2D eigenvalue weighted by molar-refractivity contribution is 0.330. The van der Waals surface area contributed by atoms with Crippen molar-refractivity contribution in [2.75, 3.05) is 32.7 Å². The van der Waals surface area contributed by atoms with Gasteiger partial charge in [0.25, 0.3) is 0 Å². The Morgan fingerprint density at radius 1 is 0.809 bits per heavy atom. The Morgan fingerprint density at radius 2 is 1.49 bits per heavy atom. The van der Waals surface area contributed by atoms with Crippen LogP contribution < -0.4 is 11.1 Å². The van der Waals surface area contributed by atoms with Gasteiger partial charge in [-0.05, 0) is 159 Å². The fourth-order valence-corrected chi connectivity index (χ4v) is 7.29. The zero-order chi connectivity index (χ0) is 33.0. The van der Waals surface area contributed by atoms with E-state index in [2.05, 4.69) is 83.6 Å². The number of benzene rings is 3. The van der Waals surface area contributed by atoms with E-state index < -0.39 is 0 Å². The predicted molar refractivity (Wildman–Crippen MR) is 196 cm³/mol. The lowest BCUT2D eigenvalue weighted by atomic mass is 9.88. The summed E-state index contributed by atoms with van der Waals surface area (Å²) in [5, 5.41) is 13.6. The molecule has 1 aliphatic rings. The number of aryl methyl sites for hydroxylation is 5. The second kappa shape index (κ2) is 17.6. The monoisotopic (exact) mass is 647 g/mol. The molecule has 1 aromatic heterocycles. The van der Waals surface area contributed by atoms with Gasteiger partial charge < -0.3 is 16.0 Å². The van der Waals surface area contributed by atoms with Crippen LogP contribution in [0.2, 0.25) is 5.02 Å². The summed E-state index contributed by atoms with van der Waals surface area (Å²) >= 11 is 6.93. The average molecular weight is 648 g/mol. The number of nitrogens with two attached hydrogens (primary N) is 1. The van der Waals surface area contributed by atoms with E-state index >= 15 is 0 Å². The van der Waals surface area contributed by atoms with Crippen molar-refractivity contribution in [1.29, 1.82) is 5.26 Å². The molecule has 0 spiro atoms. The summed E-state index contributed by atoms with van der Waals surface area (Å²) in [5.74, 6) is 0. The highest BCUT2D eigenvalue weighted by molar-refractivity contribution is 6.31. The molecule has 3 aromatic carbocycles. The van der Waals surface area contributed by atoms with Gasteiger partial charge >= 0.3 is 0 Å². The maximum Gasteiger partial charge on any atom is 0.101 e. The van der Waals surface area contributed by atoms with Gasteiger partial charge in [-0.1, -0.05) is 54.1 Å². The summed E-state index contributed by atoms with van der Waals surface area (Å²) < 4.78 is 0. The highest BCUT2D eigenvalue weighted by atomic mass is 35.5. The number of halogens is 1. The molecule has 246 valence electrons. The third-order valence-electron chi connectivity index (χ3n) is 9.83. The number of unbranched alkanes of at least 4 members (excludes halogenated alkanes) is 1.